The van der Waals surface area contributed by atoms with E-state index in [9.17, 15) is 14.7 Å². The maximum atomic E-state index is 12.3. The third-order valence-electron chi connectivity index (χ3n) is 5.80. The normalized spacial score (nSPS) is 22.1. The van der Waals surface area contributed by atoms with E-state index in [2.05, 4.69) is 10.7 Å². The van der Waals surface area contributed by atoms with E-state index in [0.29, 0.717) is 25.1 Å². The van der Waals surface area contributed by atoms with Gasteiger partial charge in [0.15, 0.2) is 12.0 Å². The number of aliphatic hydroxyl groups is 1. The Morgan fingerprint density at radius 1 is 1.29 bits per heavy atom. The van der Waals surface area contributed by atoms with Crippen LogP contribution in [-0.2, 0) is 14.4 Å². The number of carbonyl (C=O) groups excluding carboxylic acids is 2. The van der Waals surface area contributed by atoms with Gasteiger partial charge in [0, 0.05) is 23.9 Å². The molecule has 1 aromatic carbocycles. The number of aliphatic hydroxyl groups excluding tert-OH is 1. The minimum absolute atomic E-state index is 0.00984. The molecule has 170 valence electrons. The number of nitrogens with zero attached hydrogens (tertiary/aromatic N) is 1. The van der Waals surface area contributed by atoms with Crippen LogP contribution in [-0.4, -0.2) is 42.0 Å². The van der Waals surface area contributed by atoms with Gasteiger partial charge in [-0.1, -0.05) is 6.42 Å². The number of hydrogen-bond acceptors (Lipinski definition) is 7. The van der Waals surface area contributed by atoms with Crippen LogP contribution in [0.25, 0.3) is 5.76 Å². The maximum Gasteiger partial charge on any atom is 0.223 e. The zero-order chi connectivity index (χ0) is 22.2. The molecule has 1 aliphatic heterocycles. The summed E-state index contributed by atoms with van der Waals surface area (Å²) < 4.78 is 5.15. The fraction of sp³-hybridized carbons (Fsp3) is 0.545. The summed E-state index contributed by atoms with van der Waals surface area (Å²) >= 11 is 0. The number of amides is 2. The van der Waals surface area contributed by atoms with Gasteiger partial charge < -0.3 is 25.7 Å². The van der Waals surface area contributed by atoms with Crippen LogP contribution in [0.15, 0.2) is 30.5 Å². The summed E-state index contributed by atoms with van der Waals surface area (Å²) in [6.07, 6.45) is 5.78. The topological polar surface area (TPSA) is 126 Å². The largest absolute Gasteiger partial charge is 0.497 e. The smallest absolute Gasteiger partial charge is 0.223 e. The number of carbonyl (C=O) groups is 2. The Balaban J connectivity index is 1.31. The van der Waals surface area contributed by atoms with Gasteiger partial charge in [0.1, 0.15) is 5.75 Å². The van der Waals surface area contributed by atoms with Gasteiger partial charge in [-0.3, -0.25) is 15.0 Å². The van der Waals surface area contributed by atoms with Crippen LogP contribution < -0.4 is 21.2 Å². The minimum Gasteiger partial charge on any atom is -0.497 e. The van der Waals surface area contributed by atoms with Gasteiger partial charge in [-0.15, -0.1) is 0 Å². The summed E-state index contributed by atoms with van der Waals surface area (Å²) in [7, 11) is 1.61. The number of hydrogen-bond donors (Lipinski definition) is 4. The molecule has 9 heteroatoms. The van der Waals surface area contributed by atoms with Crippen LogP contribution in [0.4, 0.5) is 0 Å². The Bertz CT molecular complexity index is 783. The monoisotopic (exact) mass is 432 g/mol. The molecular formula is C22H32N4O5. The highest BCUT2D eigenvalue weighted by atomic mass is 16.7. The zero-order valence-corrected chi connectivity index (χ0v) is 17.9. The first-order valence-corrected chi connectivity index (χ1v) is 10.8. The second-order valence-electron chi connectivity index (χ2n) is 8.01. The standard InChI is InChI=1S/C22H32N4O5/c1-30-18-10-8-15(9-11-18)19-14-25-26(31-19)20(27)7-2-3-12-24-22(29)17-6-4-5-16(13-17)21(23)28/h8-11,14,16-17,20,25,27H,2-7,12-13H2,1H3,(H2,23,28)(H,24,29)/t16?,17?,20-/m0/s1. The van der Waals surface area contributed by atoms with Crippen molar-refractivity contribution in [1.82, 2.24) is 15.9 Å². The third-order valence-corrected chi connectivity index (χ3v) is 5.80. The van der Waals surface area contributed by atoms with Crippen molar-refractivity contribution < 1.29 is 24.3 Å². The van der Waals surface area contributed by atoms with Gasteiger partial charge in [0.05, 0.1) is 13.3 Å². The number of unbranched alkanes of at least 4 members (excludes halogenated alkanes) is 1. The van der Waals surface area contributed by atoms with E-state index in [1.54, 1.807) is 13.3 Å². The zero-order valence-electron chi connectivity index (χ0n) is 17.9. The van der Waals surface area contributed by atoms with Crippen molar-refractivity contribution in [3.63, 3.8) is 0 Å². The second kappa shape index (κ2) is 11.0. The fourth-order valence-electron chi connectivity index (χ4n) is 3.93. The lowest BCUT2D eigenvalue weighted by Crippen LogP contribution is -2.39. The number of ether oxygens (including phenoxy) is 1. The van der Waals surface area contributed by atoms with Crippen LogP contribution >= 0.6 is 0 Å². The maximum absolute atomic E-state index is 12.3. The molecule has 0 saturated heterocycles. The molecule has 1 heterocycles. The van der Waals surface area contributed by atoms with Crippen molar-refractivity contribution in [2.75, 3.05) is 13.7 Å². The van der Waals surface area contributed by atoms with Crippen molar-refractivity contribution in [3.8, 4) is 5.75 Å². The molecule has 3 atom stereocenters. The highest BCUT2D eigenvalue weighted by Crippen LogP contribution is 2.29. The Morgan fingerprint density at radius 2 is 2.03 bits per heavy atom. The minimum atomic E-state index is -0.822. The van der Waals surface area contributed by atoms with E-state index >= 15 is 0 Å². The third kappa shape index (κ3) is 6.35. The highest BCUT2D eigenvalue weighted by molar-refractivity contribution is 5.81. The van der Waals surface area contributed by atoms with Crippen LogP contribution in [0, 0.1) is 11.8 Å². The molecule has 2 aliphatic rings. The predicted octanol–water partition coefficient (Wildman–Crippen LogP) is 1.64. The molecule has 2 unspecified atom stereocenters. The lowest BCUT2D eigenvalue weighted by Gasteiger charge is -2.26. The molecule has 0 bridgehead atoms. The number of nitrogens with two attached hydrogens (primary N) is 1. The number of methoxy groups -OCH3 is 1. The average Bonchev–Trinajstić information content (AvgIpc) is 3.29. The number of benzene rings is 1. The molecule has 9 nitrogen and oxygen atoms in total. The first-order chi connectivity index (χ1) is 15.0. The summed E-state index contributed by atoms with van der Waals surface area (Å²) in [5, 5.41) is 14.6. The molecule has 1 saturated carbocycles. The molecule has 3 rings (SSSR count). The van der Waals surface area contributed by atoms with Gasteiger partial charge in [-0.2, -0.15) is 0 Å². The Hall–Kier alpha value is -2.78. The molecule has 0 radical (unpaired) electrons. The van der Waals surface area contributed by atoms with Crippen LogP contribution in [0.2, 0.25) is 0 Å². The van der Waals surface area contributed by atoms with Crippen molar-refractivity contribution in [2.45, 2.75) is 51.2 Å². The van der Waals surface area contributed by atoms with Crippen LogP contribution in [0.5, 0.6) is 5.75 Å². The summed E-state index contributed by atoms with van der Waals surface area (Å²) in [5.74, 6) is 0.718. The van der Waals surface area contributed by atoms with E-state index in [-0.39, 0.29) is 23.7 Å². The Labute approximate surface area is 182 Å². The summed E-state index contributed by atoms with van der Waals surface area (Å²) in [6, 6.07) is 7.44. The first kappa shape index (κ1) is 22.9. The summed E-state index contributed by atoms with van der Waals surface area (Å²) in [4.78, 5) is 29.3. The number of hydrazine groups is 1. The second-order valence-corrected chi connectivity index (χ2v) is 8.01. The van der Waals surface area contributed by atoms with Crippen molar-refractivity contribution in [3.05, 3.63) is 36.0 Å². The molecule has 0 aromatic heterocycles. The van der Waals surface area contributed by atoms with Gasteiger partial charge in [-0.25, -0.2) is 0 Å². The molecule has 1 aromatic rings. The van der Waals surface area contributed by atoms with Gasteiger partial charge in [0.25, 0.3) is 0 Å². The van der Waals surface area contributed by atoms with Gasteiger partial charge in [-0.05, 0) is 68.0 Å². The van der Waals surface area contributed by atoms with Crippen molar-refractivity contribution in [2.24, 2.45) is 17.6 Å². The van der Waals surface area contributed by atoms with Crippen molar-refractivity contribution in [1.29, 1.82) is 0 Å². The Kier molecular flexibility index (Phi) is 8.13. The molecule has 31 heavy (non-hydrogen) atoms. The van der Waals surface area contributed by atoms with E-state index in [0.717, 1.165) is 43.4 Å². The van der Waals surface area contributed by atoms with E-state index in [1.807, 2.05) is 24.3 Å². The molecular weight excluding hydrogens is 400 g/mol. The van der Waals surface area contributed by atoms with Gasteiger partial charge >= 0.3 is 0 Å². The Morgan fingerprint density at radius 3 is 2.74 bits per heavy atom. The van der Waals surface area contributed by atoms with Gasteiger partial charge in [0.2, 0.25) is 11.8 Å². The van der Waals surface area contributed by atoms with E-state index in [1.165, 1.54) is 5.17 Å². The fourth-order valence-corrected chi connectivity index (χ4v) is 3.93. The quantitative estimate of drug-likeness (QED) is 0.414. The van der Waals surface area contributed by atoms with E-state index < -0.39 is 6.23 Å². The number of rotatable bonds is 10. The SMILES string of the molecule is COc1ccc(C2=CNN([C@@H](O)CCCCNC(=O)C3CCCC(C(N)=O)C3)O2)cc1. The molecule has 1 fully saturated rings. The molecule has 2 amide bonds. The number of hydroxylamine groups is 1. The lowest BCUT2D eigenvalue weighted by atomic mass is 9.80. The van der Waals surface area contributed by atoms with Crippen molar-refractivity contribution >= 4 is 17.6 Å². The molecule has 5 N–H and O–H groups in total. The average molecular weight is 433 g/mol. The summed E-state index contributed by atoms with van der Waals surface area (Å²) in [6.45, 7) is 0.535. The predicted molar refractivity (Wildman–Crippen MR) is 115 cm³/mol. The molecule has 1 aliphatic carbocycles. The van der Waals surface area contributed by atoms with Crippen LogP contribution in [0.1, 0.15) is 50.5 Å². The summed E-state index contributed by atoms with van der Waals surface area (Å²) in [5.41, 5.74) is 9.16. The first-order valence-electron chi connectivity index (χ1n) is 10.8. The number of primary amides is 1. The lowest BCUT2D eigenvalue weighted by molar-refractivity contribution is -0.206. The number of nitrogens with one attached hydrogen (secondary N) is 2. The molecule has 0 spiro atoms. The van der Waals surface area contributed by atoms with E-state index in [4.69, 9.17) is 15.3 Å². The highest BCUT2D eigenvalue weighted by Gasteiger charge is 2.30. The van der Waals surface area contributed by atoms with Crippen LogP contribution in [0.3, 0.4) is 0 Å².